The number of alkyl halides is 3. The standard InChI is InChI=1S/C27H19F5O/c1-2-3-5-19-6-4-7-21-14-20(12-13-23(19)21)17-8-10-18(11-9-17)22-15-24(28)26(25(29)16-22)33-27(30,31)32/h2,4,6-16H,1,3,5H2. The van der Waals surface area contributed by atoms with Gasteiger partial charge in [-0.3, -0.25) is 0 Å². The second kappa shape index (κ2) is 9.06. The topological polar surface area (TPSA) is 9.23 Å². The fourth-order valence-electron chi connectivity index (χ4n) is 3.80. The molecule has 168 valence electrons. The zero-order chi connectivity index (χ0) is 23.6. The maximum Gasteiger partial charge on any atom is 0.573 e. The van der Waals surface area contributed by atoms with Crippen molar-refractivity contribution in [3.05, 3.63) is 103 Å². The lowest BCUT2D eigenvalue weighted by atomic mass is 9.95. The number of hydrogen-bond donors (Lipinski definition) is 0. The zero-order valence-corrected chi connectivity index (χ0v) is 17.4. The molecule has 0 atom stereocenters. The van der Waals surface area contributed by atoms with Crippen molar-refractivity contribution in [2.75, 3.05) is 0 Å². The lowest BCUT2D eigenvalue weighted by Crippen LogP contribution is -2.19. The monoisotopic (exact) mass is 454 g/mol. The van der Waals surface area contributed by atoms with Gasteiger partial charge in [0.1, 0.15) is 0 Å². The average molecular weight is 454 g/mol. The highest BCUT2D eigenvalue weighted by Crippen LogP contribution is 2.34. The van der Waals surface area contributed by atoms with Gasteiger partial charge >= 0.3 is 6.36 Å². The molecule has 0 unspecified atom stereocenters. The second-order valence-electron chi connectivity index (χ2n) is 7.57. The van der Waals surface area contributed by atoms with Crippen molar-refractivity contribution in [3.8, 4) is 28.0 Å². The van der Waals surface area contributed by atoms with E-state index in [0.29, 0.717) is 5.56 Å². The molecule has 0 heterocycles. The van der Waals surface area contributed by atoms with Crippen LogP contribution in [0.15, 0.2) is 85.5 Å². The van der Waals surface area contributed by atoms with Crippen molar-refractivity contribution in [3.63, 3.8) is 0 Å². The summed E-state index contributed by atoms with van der Waals surface area (Å²) in [5.74, 6) is -4.31. The largest absolute Gasteiger partial charge is 0.573 e. The minimum Gasteiger partial charge on any atom is -0.399 e. The first-order chi connectivity index (χ1) is 15.7. The number of rotatable bonds is 6. The van der Waals surface area contributed by atoms with Crippen LogP contribution in [0.1, 0.15) is 12.0 Å². The molecule has 1 nitrogen and oxygen atoms in total. The van der Waals surface area contributed by atoms with Gasteiger partial charge in [-0.15, -0.1) is 19.8 Å². The van der Waals surface area contributed by atoms with Gasteiger partial charge in [0, 0.05) is 0 Å². The molecular weight excluding hydrogens is 435 g/mol. The molecule has 6 heteroatoms. The lowest BCUT2D eigenvalue weighted by Gasteiger charge is -2.12. The number of halogens is 5. The highest BCUT2D eigenvalue weighted by atomic mass is 19.4. The van der Waals surface area contributed by atoms with Gasteiger partial charge in [-0.2, -0.15) is 0 Å². The molecule has 0 fully saturated rings. The lowest BCUT2D eigenvalue weighted by molar-refractivity contribution is -0.276. The van der Waals surface area contributed by atoms with Gasteiger partial charge in [-0.05, 0) is 69.6 Å². The van der Waals surface area contributed by atoms with Gasteiger partial charge in [0.25, 0.3) is 0 Å². The number of ether oxygens (including phenoxy) is 1. The highest BCUT2D eigenvalue weighted by Gasteiger charge is 2.34. The molecule has 0 aliphatic heterocycles. The minimum absolute atomic E-state index is 0.108. The molecule has 0 radical (unpaired) electrons. The fourth-order valence-corrected chi connectivity index (χ4v) is 3.80. The first-order valence-corrected chi connectivity index (χ1v) is 10.2. The summed E-state index contributed by atoms with van der Waals surface area (Å²) in [5.41, 5.74) is 3.69. The van der Waals surface area contributed by atoms with Crippen LogP contribution in [-0.2, 0) is 6.42 Å². The Labute approximate surface area is 187 Å². The van der Waals surface area contributed by atoms with Crippen molar-refractivity contribution < 1.29 is 26.7 Å². The second-order valence-corrected chi connectivity index (χ2v) is 7.57. The summed E-state index contributed by atoms with van der Waals surface area (Å²) < 4.78 is 68.6. The van der Waals surface area contributed by atoms with Crippen LogP contribution in [0.5, 0.6) is 5.75 Å². The third-order valence-corrected chi connectivity index (χ3v) is 5.36. The Balaban J connectivity index is 1.62. The van der Waals surface area contributed by atoms with Crippen LogP contribution in [0.4, 0.5) is 22.0 Å². The van der Waals surface area contributed by atoms with Crippen LogP contribution in [0.3, 0.4) is 0 Å². The average Bonchev–Trinajstić information content (AvgIpc) is 2.79. The highest BCUT2D eigenvalue weighted by molar-refractivity contribution is 5.90. The van der Waals surface area contributed by atoms with Crippen molar-refractivity contribution >= 4 is 10.8 Å². The van der Waals surface area contributed by atoms with Gasteiger partial charge in [-0.1, -0.05) is 60.7 Å². The van der Waals surface area contributed by atoms with Crippen LogP contribution in [0.2, 0.25) is 0 Å². The predicted molar refractivity (Wildman–Crippen MR) is 120 cm³/mol. The molecule has 4 aromatic rings. The van der Waals surface area contributed by atoms with Crippen molar-refractivity contribution in [2.45, 2.75) is 19.2 Å². The van der Waals surface area contributed by atoms with Gasteiger partial charge < -0.3 is 4.74 Å². The van der Waals surface area contributed by atoms with Crippen LogP contribution in [0, 0.1) is 11.6 Å². The number of fused-ring (bicyclic) bond motifs is 1. The molecule has 4 aromatic carbocycles. The molecule has 0 amide bonds. The van der Waals surface area contributed by atoms with Crippen molar-refractivity contribution in [1.29, 1.82) is 0 Å². The molecule has 0 saturated heterocycles. The van der Waals surface area contributed by atoms with E-state index in [9.17, 15) is 22.0 Å². The molecule has 0 bridgehead atoms. The Hall–Kier alpha value is -3.67. The van der Waals surface area contributed by atoms with E-state index in [2.05, 4.69) is 29.5 Å². The number of hydrogen-bond acceptors (Lipinski definition) is 1. The predicted octanol–water partition coefficient (Wildman–Crippen LogP) is 8.47. The first-order valence-electron chi connectivity index (χ1n) is 10.2. The van der Waals surface area contributed by atoms with Crippen LogP contribution < -0.4 is 4.74 Å². The van der Waals surface area contributed by atoms with E-state index < -0.39 is 23.7 Å². The molecular formula is C27H19F5O. The SMILES string of the molecule is C=CCCc1cccc2cc(-c3ccc(-c4cc(F)c(OC(F)(F)F)c(F)c4)cc3)ccc12. The van der Waals surface area contributed by atoms with E-state index in [0.717, 1.165) is 41.5 Å². The summed E-state index contributed by atoms with van der Waals surface area (Å²) in [5, 5.41) is 2.27. The Morgan fingerprint density at radius 1 is 0.758 bits per heavy atom. The molecule has 0 aliphatic rings. The third-order valence-electron chi connectivity index (χ3n) is 5.36. The summed E-state index contributed by atoms with van der Waals surface area (Å²) >= 11 is 0. The van der Waals surface area contributed by atoms with Crippen molar-refractivity contribution in [2.24, 2.45) is 0 Å². The summed E-state index contributed by atoms with van der Waals surface area (Å²) in [4.78, 5) is 0. The fraction of sp³-hybridized carbons (Fsp3) is 0.111. The van der Waals surface area contributed by atoms with Crippen LogP contribution in [0.25, 0.3) is 33.0 Å². The third kappa shape index (κ3) is 5.06. The molecule has 33 heavy (non-hydrogen) atoms. The summed E-state index contributed by atoms with van der Waals surface area (Å²) in [6.45, 7) is 3.77. The molecule has 0 saturated carbocycles. The van der Waals surface area contributed by atoms with Gasteiger partial charge in [0.15, 0.2) is 11.6 Å². The smallest absolute Gasteiger partial charge is 0.399 e. The normalized spacial score (nSPS) is 11.5. The Morgan fingerprint density at radius 2 is 1.36 bits per heavy atom. The number of aryl methyl sites for hydroxylation is 1. The minimum atomic E-state index is -5.18. The quantitative estimate of drug-likeness (QED) is 0.210. The van der Waals surface area contributed by atoms with Crippen LogP contribution in [-0.4, -0.2) is 6.36 Å². The maximum atomic E-state index is 14.1. The van der Waals surface area contributed by atoms with Gasteiger partial charge in [0.05, 0.1) is 0 Å². The van der Waals surface area contributed by atoms with Gasteiger partial charge in [0.2, 0.25) is 5.75 Å². The number of benzene rings is 4. The Morgan fingerprint density at radius 3 is 1.97 bits per heavy atom. The first kappa shape index (κ1) is 22.5. The molecule has 0 aromatic heterocycles. The molecule has 0 spiro atoms. The van der Waals surface area contributed by atoms with E-state index in [1.165, 1.54) is 10.9 Å². The Bertz CT molecular complexity index is 1280. The van der Waals surface area contributed by atoms with E-state index in [1.807, 2.05) is 24.3 Å². The van der Waals surface area contributed by atoms with E-state index in [-0.39, 0.29) is 5.56 Å². The van der Waals surface area contributed by atoms with Gasteiger partial charge in [-0.25, -0.2) is 8.78 Å². The van der Waals surface area contributed by atoms with Crippen molar-refractivity contribution in [1.82, 2.24) is 0 Å². The zero-order valence-electron chi connectivity index (χ0n) is 17.4. The maximum absolute atomic E-state index is 14.1. The summed E-state index contributed by atoms with van der Waals surface area (Å²) in [6.07, 6.45) is -1.48. The van der Waals surface area contributed by atoms with Crippen LogP contribution >= 0.6 is 0 Å². The summed E-state index contributed by atoms with van der Waals surface area (Å²) in [6, 6.07) is 20.9. The molecule has 0 aliphatic carbocycles. The molecule has 4 rings (SSSR count). The van der Waals surface area contributed by atoms with E-state index in [4.69, 9.17) is 0 Å². The number of allylic oxidation sites excluding steroid dienone is 1. The van der Waals surface area contributed by atoms with E-state index in [1.54, 1.807) is 24.3 Å². The van der Waals surface area contributed by atoms with E-state index >= 15 is 0 Å². The molecule has 0 N–H and O–H groups in total. The summed E-state index contributed by atoms with van der Waals surface area (Å²) in [7, 11) is 0. The Kier molecular flexibility index (Phi) is 6.18.